The van der Waals surface area contributed by atoms with E-state index in [0.29, 0.717) is 18.8 Å². The molecule has 1 aliphatic carbocycles. The van der Waals surface area contributed by atoms with Crippen molar-refractivity contribution in [3.63, 3.8) is 0 Å². The van der Waals surface area contributed by atoms with Crippen LogP contribution in [-0.2, 0) is 9.47 Å². The second-order valence-corrected chi connectivity index (χ2v) is 14.3. The molecule has 2 aromatic carbocycles. The average molecular weight is 613 g/mol. The highest BCUT2D eigenvalue weighted by molar-refractivity contribution is 5.89. The molecule has 1 unspecified atom stereocenters. The van der Waals surface area contributed by atoms with Gasteiger partial charge in [-0.05, 0) is 102 Å². The maximum absolute atomic E-state index is 12.8. The first-order valence-electron chi connectivity index (χ1n) is 15.8. The maximum Gasteiger partial charge on any atom is 0.411 e. The molecule has 4 N–H and O–H groups in total. The Bertz CT molecular complexity index is 1690. The molecular weight excluding hydrogens is 568 g/mol. The summed E-state index contributed by atoms with van der Waals surface area (Å²) < 4.78 is 11.3. The minimum absolute atomic E-state index is 0.129. The van der Waals surface area contributed by atoms with Crippen molar-refractivity contribution in [2.75, 3.05) is 13.1 Å². The normalized spacial score (nSPS) is 21.8. The van der Waals surface area contributed by atoms with Crippen LogP contribution in [0.1, 0.15) is 84.7 Å². The van der Waals surface area contributed by atoms with Gasteiger partial charge in [0.15, 0.2) is 0 Å². The molecule has 1 spiro atoms. The van der Waals surface area contributed by atoms with Crippen LogP contribution in [0.3, 0.4) is 0 Å². The number of imidazole rings is 1. The van der Waals surface area contributed by atoms with Gasteiger partial charge >= 0.3 is 12.2 Å². The fourth-order valence-electron chi connectivity index (χ4n) is 6.29. The van der Waals surface area contributed by atoms with E-state index in [2.05, 4.69) is 51.7 Å². The Kier molecular flexibility index (Phi) is 7.57. The zero-order chi connectivity index (χ0) is 32.1. The number of carbonyl (C=O) groups excluding carboxylic acids is 2. The van der Waals surface area contributed by atoms with Gasteiger partial charge in [-0.2, -0.15) is 0 Å². The van der Waals surface area contributed by atoms with Crippen molar-refractivity contribution < 1.29 is 19.1 Å². The molecule has 0 saturated carbocycles. The maximum atomic E-state index is 12.8. The molecule has 238 valence electrons. The molecule has 2 amide bonds. The Labute approximate surface area is 264 Å². The molecule has 3 aliphatic rings. The van der Waals surface area contributed by atoms with Crippen molar-refractivity contribution in [1.29, 1.82) is 0 Å². The lowest BCUT2D eigenvalue weighted by atomic mass is 10.0. The molecule has 6 rings (SSSR count). The van der Waals surface area contributed by atoms with Crippen LogP contribution in [0.4, 0.5) is 9.59 Å². The van der Waals surface area contributed by atoms with Gasteiger partial charge in [0.05, 0.1) is 23.6 Å². The van der Waals surface area contributed by atoms with E-state index in [4.69, 9.17) is 15.2 Å². The highest BCUT2D eigenvalue weighted by atomic mass is 16.6. The third-order valence-electron chi connectivity index (χ3n) is 8.46. The molecule has 2 atom stereocenters. The van der Waals surface area contributed by atoms with Crippen LogP contribution in [0.25, 0.3) is 27.7 Å². The van der Waals surface area contributed by atoms with E-state index in [1.807, 2.05) is 58.7 Å². The number of nitrogens with one attached hydrogen (secondary N) is 2. The predicted octanol–water partition coefficient (Wildman–Crippen LogP) is 6.82. The smallest absolute Gasteiger partial charge is 0.411 e. The van der Waals surface area contributed by atoms with Crippen LogP contribution in [0.2, 0.25) is 0 Å². The summed E-state index contributed by atoms with van der Waals surface area (Å²) in [6.45, 7) is 12.6. The zero-order valence-electron chi connectivity index (χ0n) is 27.1. The van der Waals surface area contributed by atoms with Crippen LogP contribution < -0.4 is 11.1 Å². The van der Waals surface area contributed by atoms with E-state index in [0.717, 1.165) is 64.8 Å². The number of nitrogens with zero attached hydrogens (tertiary/aromatic N) is 3. The van der Waals surface area contributed by atoms with Gasteiger partial charge in [0.2, 0.25) is 0 Å². The average Bonchev–Trinajstić information content (AvgIpc) is 3.40. The molecule has 45 heavy (non-hydrogen) atoms. The van der Waals surface area contributed by atoms with Gasteiger partial charge in [-0.15, -0.1) is 0 Å². The quantitative estimate of drug-likeness (QED) is 0.289. The number of carbonyl (C=O) groups is 2. The monoisotopic (exact) mass is 612 g/mol. The van der Waals surface area contributed by atoms with Crippen LogP contribution >= 0.6 is 0 Å². The van der Waals surface area contributed by atoms with Gasteiger partial charge in [-0.1, -0.05) is 24.3 Å². The van der Waals surface area contributed by atoms with E-state index in [1.54, 1.807) is 11.1 Å². The lowest BCUT2D eigenvalue weighted by molar-refractivity contribution is 0.0207. The number of hydrogen-bond acceptors (Lipinski definition) is 7. The molecule has 0 bridgehead atoms. The minimum Gasteiger partial charge on any atom is -0.444 e. The third-order valence-corrected chi connectivity index (χ3v) is 8.46. The number of benzene rings is 2. The van der Waals surface area contributed by atoms with E-state index in [-0.39, 0.29) is 18.2 Å². The van der Waals surface area contributed by atoms with Crippen molar-refractivity contribution in [1.82, 2.24) is 25.1 Å². The fourth-order valence-corrected chi connectivity index (χ4v) is 6.29. The van der Waals surface area contributed by atoms with Gasteiger partial charge in [-0.25, -0.2) is 14.6 Å². The van der Waals surface area contributed by atoms with Gasteiger partial charge in [0.1, 0.15) is 22.6 Å². The molecule has 2 aliphatic heterocycles. The summed E-state index contributed by atoms with van der Waals surface area (Å²) in [5.41, 5.74) is 9.42. The minimum atomic E-state index is -0.543. The Morgan fingerprint density at radius 1 is 1.00 bits per heavy atom. The van der Waals surface area contributed by atoms with Gasteiger partial charge in [0, 0.05) is 30.5 Å². The van der Waals surface area contributed by atoms with Crippen molar-refractivity contribution >= 4 is 28.7 Å². The summed E-state index contributed by atoms with van der Waals surface area (Å²) in [6.07, 6.45) is 8.69. The number of aromatic nitrogens is 2. The summed E-state index contributed by atoms with van der Waals surface area (Å²) >= 11 is 0. The first kappa shape index (κ1) is 30.6. The van der Waals surface area contributed by atoms with E-state index in [1.165, 1.54) is 0 Å². The molecule has 3 heterocycles. The Balaban J connectivity index is 1.12. The number of likely N-dealkylation sites (tertiary alicyclic amines) is 2. The van der Waals surface area contributed by atoms with E-state index < -0.39 is 16.7 Å². The zero-order valence-corrected chi connectivity index (χ0v) is 27.1. The van der Waals surface area contributed by atoms with Gasteiger partial charge in [-0.3, -0.25) is 9.80 Å². The lowest BCUT2D eigenvalue weighted by Gasteiger charge is -2.29. The number of ether oxygens (including phenoxy) is 2. The largest absolute Gasteiger partial charge is 0.444 e. The number of H-pyrrole nitrogens is 1. The first-order valence-corrected chi connectivity index (χ1v) is 15.8. The molecule has 1 aromatic heterocycles. The summed E-state index contributed by atoms with van der Waals surface area (Å²) in [7, 11) is 0. The molecule has 2 fully saturated rings. The highest BCUT2D eigenvalue weighted by Crippen LogP contribution is 2.47. The van der Waals surface area contributed by atoms with E-state index in [9.17, 15) is 9.59 Å². The molecule has 10 nitrogen and oxygen atoms in total. The molecule has 0 radical (unpaired) electrons. The molecular formula is C35H44N6O4. The number of hydrogen-bond donors (Lipinski definition) is 3. The number of rotatable bonds is 5. The number of aromatic amines is 1. The van der Waals surface area contributed by atoms with Crippen molar-refractivity contribution in [2.45, 2.75) is 90.0 Å². The topological polar surface area (TPSA) is 126 Å². The van der Waals surface area contributed by atoms with Crippen LogP contribution in [-0.4, -0.2) is 61.8 Å². The van der Waals surface area contributed by atoms with Crippen LogP contribution in [0.15, 0.2) is 60.6 Å². The summed E-state index contributed by atoms with van der Waals surface area (Å²) in [5, 5.41) is 5.48. The van der Waals surface area contributed by atoms with Crippen molar-refractivity contribution in [2.24, 2.45) is 5.73 Å². The third kappa shape index (κ3) is 6.36. The van der Waals surface area contributed by atoms with Crippen LogP contribution in [0.5, 0.6) is 0 Å². The molecule has 2 saturated heterocycles. The predicted molar refractivity (Wildman–Crippen MR) is 175 cm³/mol. The summed E-state index contributed by atoms with van der Waals surface area (Å²) in [5.74, 6) is 0.772. The fraction of sp³-hybridized carbons (Fsp3) is 0.457. The highest BCUT2D eigenvalue weighted by Gasteiger charge is 2.55. The number of amides is 2. The summed E-state index contributed by atoms with van der Waals surface area (Å²) in [6, 6.07) is 12.3. The molecule has 3 aromatic rings. The first-order chi connectivity index (χ1) is 21.2. The Morgan fingerprint density at radius 2 is 1.71 bits per heavy atom. The second kappa shape index (κ2) is 11.2. The van der Waals surface area contributed by atoms with Crippen molar-refractivity contribution in [3.8, 4) is 11.3 Å². The van der Waals surface area contributed by atoms with Gasteiger partial charge < -0.3 is 25.5 Å². The Hall–Kier alpha value is -4.47. The second-order valence-electron chi connectivity index (χ2n) is 14.3. The lowest BCUT2D eigenvalue weighted by Crippen LogP contribution is -2.43. The Morgan fingerprint density at radius 3 is 2.47 bits per heavy atom. The van der Waals surface area contributed by atoms with Crippen LogP contribution in [0, 0.1) is 0 Å². The molecule has 10 heteroatoms. The van der Waals surface area contributed by atoms with Crippen molar-refractivity contribution in [3.05, 3.63) is 72.0 Å². The SMILES string of the molecule is CC(C)(C)OC(=O)N1CCC[C@H]1c1ncc(-c2ccc3cc(/C(N)=C/NC4=CC45CCCN5C(=O)OC(C)(C)C)ccc3c2)[nH]1. The van der Waals surface area contributed by atoms with E-state index >= 15 is 0 Å². The summed E-state index contributed by atoms with van der Waals surface area (Å²) in [4.78, 5) is 37.2. The van der Waals surface area contributed by atoms with Gasteiger partial charge in [0.25, 0.3) is 0 Å². The standard InChI is InChI=1S/C35H44N6O4/c1-33(2,3)44-31(42)40-15-7-9-28(40)30-38-21-27(39-30)25-13-11-22-17-24(12-10-23(22)18-25)26(36)20-37-29-19-35(29)14-8-16-41(35)32(43)45-34(4,5)6/h10-13,17-21,28,37H,7-9,14-16,36H2,1-6H3,(H,38,39)/b26-20-/t28-,35?/m0/s1. The number of fused-ring (bicyclic) bond motifs is 1. The number of nitrogens with two attached hydrogens (primary N) is 1.